The van der Waals surface area contributed by atoms with E-state index in [1.807, 2.05) is 35.2 Å². The van der Waals surface area contributed by atoms with E-state index in [1.54, 1.807) is 0 Å². The lowest BCUT2D eigenvalue weighted by Gasteiger charge is -2.50. The lowest BCUT2D eigenvalue weighted by molar-refractivity contribution is -0.158. The second-order valence-corrected chi connectivity index (χ2v) is 9.17. The number of hydrogen-bond donors (Lipinski definition) is 1. The number of benzene rings is 2. The Morgan fingerprint density at radius 2 is 1.41 bits per heavy atom. The van der Waals surface area contributed by atoms with Crippen molar-refractivity contribution in [1.29, 1.82) is 0 Å². The van der Waals surface area contributed by atoms with Crippen molar-refractivity contribution in [3.05, 3.63) is 71.8 Å². The normalized spacial score (nSPS) is 18.7. The van der Waals surface area contributed by atoms with Gasteiger partial charge in [-0.05, 0) is 49.8 Å². The van der Waals surface area contributed by atoms with E-state index in [-0.39, 0.29) is 18.4 Å². The van der Waals surface area contributed by atoms with Gasteiger partial charge in [0.2, 0.25) is 11.8 Å². The molecular weight excluding hydrogens is 398 g/mol. The highest BCUT2D eigenvalue weighted by Gasteiger charge is 2.50. The van der Waals surface area contributed by atoms with Crippen LogP contribution in [0.1, 0.15) is 49.7 Å². The lowest BCUT2D eigenvalue weighted by atomic mass is 9.82. The highest BCUT2D eigenvalue weighted by Crippen LogP contribution is 2.33. The van der Waals surface area contributed by atoms with Crippen LogP contribution in [0.4, 0.5) is 0 Å². The van der Waals surface area contributed by atoms with E-state index >= 15 is 0 Å². The van der Waals surface area contributed by atoms with Crippen molar-refractivity contribution >= 4 is 11.8 Å². The number of nitrogens with zero attached hydrogens (tertiary/aromatic N) is 2. The Hall–Kier alpha value is -2.66. The van der Waals surface area contributed by atoms with E-state index in [2.05, 4.69) is 40.5 Å². The monoisotopic (exact) mass is 433 g/mol. The highest BCUT2D eigenvalue weighted by molar-refractivity contribution is 5.98. The fourth-order valence-electron chi connectivity index (χ4n) is 5.09. The van der Waals surface area contributed by atoms with E-state index in [4.69, 9.17) is 0 Å². The zero-order valence-electron chi connectivity index (χ0n) is 19.0. The second-order valence-electron chi connectivity index (χ2n) is 9.17. The Morgan fingerprint density at radius 1 is 0.781 bits per heavy atom. The van der Waals surface area contributed by atoms with Crippen molar-refractivity contribution in [1.82, 2.24) is 15.1 Å². The number of carbonyl (C=O) groups is 2. The smallest absolute Gasteiger partial charge is 0.246 e. The molecule has 0 saturated carbocycles. The molecule has 2 amide bonds. The largest absolute Gasteiger partial charge is 0.345 e. The van der Waals surface area contributed by atoms with Gasteiger partial charge in [-0.1, -0.05) is 73.5 Å². The summed E-state index contributed by atoms with van der Waals surface area (Å²) in [6.07, 6.45) is 7.52. The Morgan fingerprint density at radius 3 is 2.09 bits per heavy atom. The Kier molecular flexibility index (Phi) is 7.59. The molecule has 32 heavy (non-hydrogen) atoms. The maximum atomic E-state index is 12.9. The van der Waals surface area contributed by atoms with Crippen LogP contribution in [0.5, 0.6) is 0 Å². The van der Waals surface area contributed by atoms with Gasteiger partial charge in [0.25, 0.3) is 0 Å². The fraction of sp³-hybridized carbons (Fsp3) is 0.481. The fourth-order valence-corrected chi connectivity index (χ4v) is 5.09. The van der Waals surface area contributed by atoms with Gasteiger partial charge in [-0.25, -0.2) is 0 Å². The van der Waals surface area contributed by atoms with Gasteiger partial charge < -0.3 is 15.1 Å². The van der Waals surface area contributed by atoms with Gasteiger partial charge in [-0.3, -0.25) is 9.59 Å². The summed E-state index contributed by atoms with van der Waals surface area (Å²) in [4.78, 5) is 30.0. The van der Waals surface area contributed by atoms with Gasteiger partial charge in [-0.15, -0.1) is 0 Å². The Balaban J connectivity index is 1.24. The van der Waals surface area contributed by atoms with Crippen molar-refractivity contribution in [3.8, 4) is 0 Å². The van der Waals surface area contributed by atoms with Crippen LogP contribution in [-0.4, -0.2) is 53.3 Å². The molecule has 5 nitrogen and oxygen atoms in total. The maximum Gasteiger partial charge on any atom is 0.246 e. The summed E-state index contributed by atoms with van der Waals surface area (Å²) in [5.41, 5.74) is 1.80. The summed E-state index contributed by atoms with van der Waals surface area (Å²) >= 11 is 0. The second kappa shape index (κ2) is 10.8. The van der Waals surface area contributed by atoms with Gasteiger partial charge in [0.15, 0.2) is 0 Å². The van der Waals surface area contributed by atoms with Crippen LogP contribution in [0, 0.1) is 0 Å². The molecule has 0 bridgehead atoms. The molecule has 0 unspecified atom stereocenters. The molecular formula is C27H35N3O2. The Bertz CT molecular complexity index is 876. The van der Waals surface area contributed by atoms with E-state index in [0.717, 1.165) is 31.6 Å². The van der Waals surface area contributed by atoms with Crippen molar-refractivity contribution in [2.45, 2.75) is 57.0 Å². The zero-order chi connectivity index (χ0) is 22.2. The van der Waals surface area contributed by atoms with Crippen LogP contribution in [0.25, 0.3) is 0 Å². The van der Waals surface area contributed by atoms with Crippen molar-refractivity contribution in [2.24, 2.45) is 0 Å². The summed E-state index contributed by atoms with van der Waals surface area (Å²) in [6, 6.07) is 20.7. The molecule has 2 aromatic rings. The van der Waals surface area contributed by atoms with Crippen molar-refractivity contribution in [3.63, 3.8) is 0 Å². The molecule has 4 rings (SSSR count). The number of rotatable bonds is 9. The summed E-state index contributed by atoms with van der Waals surface area (Å²) < 4.78 is 0. The zero-order valence-corrected chi connectivity index (χ0v) is 19.0. The standard InChI is InChI=1S/C27H35N3O2/c31-25-21-28-26(32)27(30(25)22-24-14-8-4-9-15-24)16-19-29(20-17-27)18-10-2-1-5-11-23-12-6-3-7-13-23/h3-4,6-9,12-15H,1-2,5,10-11,16-22H2,(H,28,32). The van der Waals surface area contributed by atoms with Crippen molar-refractivity contribution < 1.29 is 9.59 Å². The van der Waals surface area contributed by atoms with Crippen LogP contribution < -0.4 is 5.32 Å². The lowest BCUT2D eigenvalue weighted by Crippen LogP contribution is -2.69. The van der Waals surface area contributed by atoms with Gasteiger partial charge in [0.05, 0.1) is 6.54 Å². The van der Waals surface area contributed by atoms with E-state index in [0.29, 0.717) is 19.4 Å². The van der Waals surface area contributed by atoms with Gasteiger partial charge in [0, 0.05) is 19.6 Å². The molecule has 0 radical (unpaired) electrons. The molecule has 2 aliphatic heterocycles. The third-order valence-corrected chi connectivity index (χ3v) is 7.04. The molecule has 2 fully saturated rings. The third kappa shape index (κ3) is 5.39. The highest BCUT2D eigenvalue weighted by atomic mass is 16.2. The van der Waals surface area contributed by atoms with Crippen LogP contribution in [-0.2, 0) is 22.6 Å². The molecule has 2 heterocycles. The molecule has 5 heteroatoms. The quantitative estimate of drug-likeness (QED) is 0.613. The number of carbonyl (C=O) groups excluding carboxylic acids is 2. The maximum absolute atomic E-state index is 12.9. The first-order chi connectivity index (χ1) is 15.7. The average molecular weight is 434 g/mol. The molecule has 1 spiro atoms. The number of nitrogens with one attached hydrogen (secondary N) is 1. The van der Waals surface area contributed by atoms with Crippen LogP contribution in [0.2, 0.25) is 0 Å². The minimum absolute atomic E-state index is 0.0218. The molecule has 1 N–H and O–H groups in total. The molecule has 2 aromatic carbocycles. The number of unbranched alkanes of at least 4 members (excludes halogenated alkanes) is 3. The van der Waals surface area contributed by atoms with Crippen LogP contribution >= 0.6 is 0 Å². The molecule has 0 aromatic heterocycles. The number of piperidine rings is 1. The van der Waals surface area contributed by atoms with Crippen LogP contribution in [0.3, 0.4) is 0 Å². The average Bonchev–Trinajstić information content (AvgIpc) is 2.84. The van der Waals surface area contributed by atoms with E-state index in [9.17, 15) is 9.59 Å². The van der Waals surface area contributed by atoms with E-state index < -0.39 is 5.54 Å². The van der Waals surface area contributed by atoms with Gasteiger partial charge in [0.1, 0.15) is 5.54 Å². The molecule has 0 atom stereocenters. The molecule has 0 aliphatic carbocycles. The first-order valence-corrected chi connectivity index (χ1v) is 12.1. The Labute approximate surface area is 191 Å². The molecule has 170 valence electrons. The van der Waals surface area contributed by atoms with Crippen LogP contribution in [0.15, 0.2) is 60.7 Å². The predicted molar refractivity (Wildman–Crippen MR) is 127 cm³/mol. The summed E-state index contributed by atoms with van der Waals surface area (Å²) in [6.45, 7) is 3.44. The summed E-state index contributed by atoms with van der Waals surface area (Å²) in [7, 11) is 0. The number of likely N-dealkylation sites (tertiary alicyclic amines) is 1. The topological polar surface area (TPSA) is 52.7 Å². The van der Waals surface area contributed by atoms with Crippen molar-refractivity contribution in [2.75, 3.05) is 26.2 Å². The minimum atomic E-state index is -0.697. The first-order valence-electron chi connectivity index (χ1n) is 12.1. The minimum Gasteiger partial charge on any atom is -0.345 e. The van der Waals surface area contributed by atoms with E-state index in [1.165, 1.54) is 31.2 Å². The number of hydrogen-bond acceptors (Lipinski definition) is 3. The number of piperazine rings is 1. The third-order valence-electron chi connectivity index (χ3n) is 7.04. The van der Waals surface area contributed by atoms with Gasteiger partial charge >= 0.3 is 0 Å². The number of amides is 2. The molecule has 2 aliphatic rings. The number of aryl methyl sites for hydroxylation is 1. The predicted octanol–water partition coefficient (Wildman–Crippen LogP) is 3.78. The molecule has 2 saturated heterocycles. The van der Waals surface area contributed by atoms with Gasteiger partial charge in [-0.2, -0.15) is 0 Å². The summed E-state index contributed by atoms with van der Waals surface area (Å²) in [5, 5.41) is 2.85. The first kappa shape index (κ1) is 22.5. The summed E-state index contributed by atoms with van der Waals surface area (Å²) in [5.74, 6) is 0.0499. The SMILES string of the molecule is O=C1CNC(=O)C2(CCN(CCCCCCc3ccccc3)CC2)N1Cc1ccccc1.